The molecule has 0 aromatic rings. The van der Waals surface area contributed by atoms with Crippen LogP contribution in [0.2, 0.25) is 0 Å². The van der Waals surface area contributed by atoms with Crippen LogP contribution in [0.1, 0.15) is 25.7 Å². The van der Waals surface area contributed by atoms with Crippen LogP contribution in [0, 0.1) is 11.3 Å². The van der Waals surface area contributed by atoms with E-state index in [4.69, 9.17) is 4.74 Å². The van der Waals surface area contributed by atoms with Crippen molar-refractivity contribution in [2.24, 2.45) is 11.3 Å². The highest BCUT2D eigenvalue weighted by Crippen LogP contribution is 2.43. The molecule has 98 valence electrons. The molecular weight excluding hydrogens is 230 g/mol. The normalized spacial score (nSPS) is 30.9. The molecule has 0 unspecified atom stereocenters. The minimum atomic E-state index is -0.410. The maximum atomic E-state index is 12.0. The molecule has 18 heavy (non-hydrogen) atoms. The summed E-state index contributed by atoms with van der Waals surface area (Å²) < 4.78 is 4.78. The monoisotopic (exact) mass is 249 g/mol. The molecule has 4 heteroatoms. The lowest BCUT2D eigenvalue weighted by molar-refractivity contribution is -0.144. The Hall–Kier alpha value is -1.58. The summed E-state index contributed by atoms with van der Waals surface area (Å²) in [5.41, 5.74) is -0.410. The Morgan fingerprint density at radius 3 is 3.00 bits per heavy atom. The minimum absolute atomic E-state index is 0.0603. The average molecular weight is 249 g/mol. The molecule has 1 aliphatic heterocycles. The lowest BCUT2D eigenvalue weighted by atomic mass is 9.66. The van der Waals surface area contributed by atoms with Gasteiger partial charge in [0.1, 0.15) is 0 Å². The Bertz CT molecular complexity index is 400. The standard InChI is InChI=1S/C14H19NO3/c1-18-12(16)10-14(7-3-2-4-8-14)11-6-5-9-15-13(11)17/h2-4,7,11H,5-6,8-10H2,1H3,(H,15,17)/t11-,14-/m0/s1. The van der Waals surface area contributed by atoms with Gasteiger partial charge in [0.2, 0.25) is 5.91 Å². The van der Waals surface area contributed by atoms with E-state index in [-0.39, 0.29) is 24.2 Å². The van der Waals surface area contributed by atoms with E-state index >= 15 is 0 Å². The van der Waals surface area contributed by atoms with Crippen LogP contribution in [0.5, 0.6) is 0 Å². The SMILES string of the molecule is COC(=O)C[C@]1([C@H]2CCCNC2=O)C=CC=CC1. The molecule has 1 N–H and O–H groups in total. The van der Waals surface area contributed by atoms with Gasteiger partial charge < -0.3 is 10.1 Å². The first-order chi connectivity index (χ1) is 8.68. The van der Waals surface area contributed by atoms with Crippen LogP contribution in [-0.2, 0) is 14.3 Å². The summed E-state index contributed by atoms with van der Waals surface area (Å²) in [7, 11) is 1.39. The maximum absolute atomic E-state index is 12.0. The number of allylic oxidation sites excluding steroid dienone is 4. The summed E-state index contributed by atoms with van der Waals surface area (Å²) >= 11 is 0. The number of amides is 1. The van der Waals surface area contributed by atoms with E-state index in [1.807, 2.05) is 24.3 Å². The molecule has 2 atom stereocenters. The molecule has 0 aromatic heterocycles. The fraction of sp³-hybridized carbons (Fsp3) is 0.571. The summed E-state index contributed by atoms with van der Waals surface area (Å²) in [5, 5.41) is 2.90. The zero-order valence-corrected chi connectivity index (χ0v) is 10.6. The highest BCUT2D eigenvalue weighted by molar-refractivity contribution is 5.82. The molecule has 1 amide bonds. The van der Waals surface area contributed by atoms with Crippen LogP contribution in [-0.4, -0.2) is 25.5 Å². The minimum Gasteiger partial charge on any atom is -0.469 e. The van der Waals surface area contributed by atoms with Crippen LogP contribution in [0.25, 0.3) is 0 Å². The zero-order valence-electron chi connectivity index (χ0n) is 10.6. The van der Waals surface area contributed by atoms with Gasteiger partial charge in [-0.15, -0.1) is 0 Å². The third kappa shape index (κ3) is 2.47. The first-order valence-corrected chi connectivity index (χ1v) is 6.37. The lowest BCUT2D eigenvalue weighted by Gasteiger charge is -2.39. The van der Waals surface area contributed by atoms with E-state index in [0.29, 0.717) is 0 Å². The third-order valence-electron chi connectivity index (χ3n) is 3.85. The van der Waals surface area contributed by atoms with Gasteiger partial charge in [-0.25, -0.2) is 0 Å². The molecule has 0 bridgehead atoms. The fourth-order valence-corrected chi connectivity index (χ4v) is 2.86. The van der Waals surface area contributed by atoms with Crippen LogP contribution in [0.15, 0.2) is 24.3 Å². The number of methoxy groups -OCH3 is 1. The van der Waals surface area contributed by atoms with Crippen molar-refractivity contribution in [3.8, 4) is 0 Å². The van der Waals surface area contributed by atoms with Crippen molar-refractivity contribution in [1.82, 2.24) is 5.32 Å². The quantitative estimate of drug-likeness (QED) is 0.773. The second-order valence-corrected chi connectivity index (χ2v) is 4.96. The van der Waals surface area contributed by atoms with Crippen molar-refractivity contribution in [2.75, 3.05) is 13.7 Å². The molecule has 1 aliphatic carbocycles. The maximum Gasteiger partial charge on any atom is 0.306 e. The number of ether oxygens (including phenoxy) is 1. The number of esters is 1. The number of nitrogens with one attached hydrogen (secondary N) is 1. The van der Waals surface area contributed by atoms with Crippen LogP contribution < -0.4 is 5.32 Å². The Labute approximate surface area is 107 Å². The van der Waals surface area contributed by atoms with Crippen LogP contribution >= 0.6 is 0 Å². The largest absolute Gasteiger partial charge is 0.469 e. The number of hydrogen-bond donors (Lipinski definition) is 1. The van der Waals surface area contributed by atoms with E-state index in [9.17, 15) is 9.59 Å². The number of carbonyl (C=O) groups is 2. The molecule has 0 radical (unpaired) electrons. The van der Waals surface area contributed by atoms with E-state index in [1.54, 1.807) is 0 Å². The summed E-state index contributed by atoms with van der Waals surface area (Å²) in [6.45, 7) is 0.739. The van der Waals surface area contributed by atoms with Gasteiger partial charge in [0.25, 0.3) is 0 Å². The van der Waals surface area contributed by atoms with E-state index in [2.05, 4.69) is 5.32 Å². The summed E-state index contributed by atoms with van der Waals surface area (Å²) in [6, 6.07) is 0. The summed E-state index contributed by atoms with van der Waals surface area (Å²) in [4.78, 5) is 23.7. The molecule has 1 heterocycles. The first kappa shape index (κ1) is 12.9. The molecule has 4 nitrogen and oxygen atoms in total. The van der Waals surface area contributed by atoms with Crippen molar-refractivity contribution in [3.05, 3.63) is 24.3 Å². The Balaban J connectivity index is 2.23. The van der Waals surface area contributed by atoms with Gasteiger partial charge in [-0.2, -0.15) is 0 Å². The van der Waals surface area contributed by atoms with E-state index < -0.39 is 5.41 Å². The predicted octanol–water partition coefficient (Wildman–Crippen LogP) is 1.58. The van der Waals surface area contributed by atoms with E-state index in [0.717, 1.165) is 25.8 Å². The lowest BCUT2D eigenvalue weighted by Crippen LogP contribution is -2.46. The summed E-state index contributed by atoms with van der Waals surface area (Å²) in [6.07, 6.45) is 10.7. The Morgan fingerprint density at radius 2 is 2.39 bits per heavy atom. The molecule has 0 saturated carbocycles. The van der Waals surface area contributed by atoms with Crippen molar-refractivity contribution in [2.45, 2.75) is 25.7 Å². The van der Waals surface area contributed by atoms with Gasteiger partial charge in [-0.3, -0.25) is 9.59 Å². The highest BCUT2D eigenvalue weighted by Gasteiger charge is 2.43. The fourth-order valence-electron chi connectivity index (χ4n) is 2.86. The molecule has 0 spiro atoms. The number of piperidine rings is 1. The van der Waals surface area contributed by atoms with Crippen molar-refractivity contribution in [1.29, 1.82) is 0 Å². The van der Waals surface area contributed by atoms with Crippen molar-refractivity contribution in [3.63, 3.8) is 0 Å². The predicted molar refractivity (Wildman–Crippen MR) is 67.7 cm³/mol. The van der Waals surface area contributed by atoms with Gasteiger partial charge in [0.15, 0.2) is 0 Å². The van der Waals surface area contributed by atoms with Gasteiger partial charge >= 0.3 is 5.97 Å². The van der Waals surface area contributed by atoms with E-state index in [1.165, 1.54) is 7.11 Å². The Kier molecular flexibility index (Phi) is 3.84. The highest BCUT2D eigenvalue weighted by atomic mass is 16.5. The van der Waals surface area contributed by atoms with Crippen molar-refractivity contribution >= 4 is 11.9 Å². The third-order valence-corrected chi connectivity index (χ3v) is 3.85. The second-order valence-electron chi connectivity index (χ2n) is 4.96. The molecule has 0 aromatic carbocycles. The molecule has 1 fully saturated rings. The number of carbonyl (C=O) groups excluding carboxylic acids is 2. The molecule has 2 rings (SSSR count). The second kappa shape index (κ2) is 5.38. The summed E-state index contributed by atoms with van der Waals surface area (Å²) in [5.74, 6) is -0.329. The molecular formula is C14H19NO3. The first-order valence-electron chi connectivity index (χ1n) is 6.37. The van der Waals surface area contributed by atoms with Gasteiger partial charge in [0.05, 0.1) is 13.5 Å². The van der Waals surface area contributed by atoms with Gasteiger partial charge in [-0.1, -0.05) is 24.3 Å². The van der Waals surface area contributed by atoms with Gasteiger partial charge in [-0.05, 0) is 19.3 Å². The van der Waals surface area contributed by atoms with Crippen molar-refractivity contribution < 1.29 is 14.3 Å². The topological polar surface area (TPSA) is 55.4 Å². The number of rotatable bonds is 3. The molecule has 1 saturated heterocycles. The van der Waals surface area contributed by atoms with Crippen LogP contribution in [0.3, 0.4) is 0 Å². The Morgan fingerprint density at radius 1 is 1.56 bits per heavy atom. The molecule has 2 aliphatic rings. The number of hydrogen-bond acceptors (Lipinski definition) is 3. The van der Waals surface area contributed by atoms with Crippen LogP contribution in [0.4, 0.5) is 0 Å². The average Bonchev–Trinajstić information content (AvgIpc) is 2.40. The zero-order chi connectivity index (χ0) is 13.0. The smallest absolute Gasteiger partial charge is 0.306 e. The van der Waals surface area contributed by atoms with Gasteiger partial charge in [0, 0.05) is 17.9 Å².